The maximum absolute atomic E-state index is 12.6. The second kappa shape index (κ2) is 4.48. The third-order valence-electron chi connectivity index (χ3n) is 3.44. The number of carbonyl (C=O) groups is 1. The monoisotopic (exact) mass is 259 g/mol. The van der Waals surface area contributed by atoms with Crippen molar-refractivity contribution in [1.82, 2.24) is 4.98 Å². The Labute approximate surface area is 114 Å². The first-order valence-electron chi connectivity index (χ1n) is 6.63. The van der Waals surface area contributed by atoms with Crippen LogP contribution in [0.2, 0.25) is 0 Å². The van der Waals surface area contributed by atoms with Crippen LogP contribution in [-0.4, -0.2) is 10.8 Å². The molecule has 0 spiro atoms. The van der Waals surface area contributed by atoms with Gasteiger partial charge in [0.25, 0.3) is 0 Å². The van der Waals surface area contributed by atoms with Crippen molar-refractivity contribution in [3.63, 3.8) is 0 Å². The molecule has 3 nitrogen and oxygen atoms in total. The van der Waals surface area contributed by atoms with Crippen LogP contribution in [-0.2, 0) is 5.41 Å². The summed E-state index contributed by atoms with van der Waals surface area (Å²) in [6.07, 6.45) is 1.63. The predicted molar refractivity (Wildman–Crippen MR) is 75.4 cm³/mol. The molecule has 3 heteroatoms. The standard InChI is InChI=1S/C16H21NO2/c1-9(2)14-10(3)19-12-8-17-13(16(4,5)6)7-11(12)15(14)18/h7-9,14H,3H2,1-2,4-6H3. The van der Waals surface area contributed by atoms with Crippen LogP contribution in [0.15, 0.2) is 24.6 Å². The second-order valence-corrected chi connectivity index (χ2v) is 6.47. The molecule has 0 bridgehead atoms. The molecule has 19 heavy (non-hydrogen) atoms. The zero-order chi connectivity index (χ0) is 14.4. The van der Waals surface area contributed by atoms with E-state index in [1.54, 1.807) is 6.20 Å². The van der Waals surface area contributed by atoms with E-state index in [-0.39, 0.29) is 23.0 Å². The number of rotatable bonds is 1. The summed E-state index contributed by atoms with van der Waals surface area (Å²) in [5.41, 5.74) is 1.45. The molecule has 0 amide bonds. The highest BCUT2D eigenvalue weighted by atomic mass is 16.5. The highest BCUT2D eigenvalue weighted by Gasteiger charge is 2.35. The molecule has 1 aromatic heterocycles. The Hall–Kier alpha value is -1.64. The van der Waals surface area contributed by atoms with Crippen molar-refractivity contribution in [2.45, 2.75) is 40.0 Å². The summed E-state index contributed by atoms with van der Waals surface area (Å²) in [6, 6.07) is 1.86. The number of hydrogen-bond acceptors (Lipinski definition) is 3. The van der Waals surface area contributed by atoms with E-state index < -0.39 is 0 Å². The molecule has 0 N–H and O–H groups in total. The van der Waals surface area contributed by atoms with E-state index >= 15 is 0 Å². The molecule has 1 aliphatic rings. The van der Waals surface area contributed by atoms with Gasteiger partial charge in [0.05, 0.1) is 17.7 Å². The van der Waals surface area contributed by atoms with E-state index in [4.69, 9.17) is 4.74 Å². The van der Waals surface area contributed by atoms with E-state index in [0.717, 1.165) is 5.69 Å². The van der Waals surface area contributed by atoms with Gasteiger partial charge in [-0.3, -0.25) is 9.78 Å². The van der Waals surface area contributed by atoms with Crippen LogP contribution in [0.5, 0.6) is 5.75 Å². The summed E-state index contributed by atoms with van der Waals surface area (Å²) in [5.74, 6) is 1.06. The number of Topliss-reactive ketones (excluding diaryl/α,β-unsaturated/α-hetero) is 1. The van der Waals surface area contributed by atoms with Crippen LogP contribution in [0.1, 0.15) is 50.7 Å². The Bertz CT molecular complexity index is 538. The predicted octanol–water partition coefficient (Wildman–Crippen LogP) is 3.74. The van der Waals surface area contributed by atoms with Crippen molar-refractivity contribution in [3.8, 4) is 5.75 Å². The first kappa shape index (κ1) is 13.8. The largest absolute Gasteiger partial charge is 0.459 e. The van der Waals surface area contributed by atoms with Gasteiger partial charge < -0.3 is 4.74 Å². The van der Waals surface area contributed by atoms with Crippen molar-refractivity contribution in [1.29, 1.82) is 0 Å². The van der Waals surface area contributed by atoms with Crippen molar-refractivity contribution in [2.75, 3.05) is 0 Å². The number of pyridine rings is 1. The number of ketones is 1. The smallest absolute Gasteiger partial charge is 0.177 e. The second-order valence-electron chi connectivity index (χ2n) is 6.47. The molecule has 102 valence electrons. The molecular weight excluding hydrogens is 238 g/mol. The minimum atomic E-state index is -0.261. The first-order chi connectivity index (χ1) is 8.71. The van der Waals surface area contributed by atoms with Gasteiger partial charge in [0, 0.05) is 11.1 Å². The van der Waals surface area contributed by atoms with Crippen LogP contribution in [0.25, 0.3) is 0 Å². The SMILES string of the molecule is C=C1Oc2cnc(C(C)(C)C)cc2C(=O)C1C(C)C. The average Bonchev–Trinajstić information content (AvgIpc) is 2.26. The number of allylic oxidation sites excluding steroid dienone is 1. The Morgan fingerprint density at radius 2 is 2.00 bits per heavy atom. The lowest BCUT2D eigenvalue weighted by Crippen LogP contribution is -2.30. The highest BCUT2D eigenvalue weighted by molar-refractivity contribution is 6.03. The third kappa shape index (κ3) is 2.42. The molecule has 1 aliphatic heterocycles. The third-order valence-corrected chi connectivity index (χ3v) is 3.44. The molecule has 0 saturated carbocycles. The maximum atomic E-state index is 12.6. The summed E-state index contributed by atoms with van der Waals surface area (Å²) >= 11 is 0. The van der Waals surface area contributed by atoms with Crippen molar-refractivity contribution in [2.24, 2.45) is 11.8 Å². The van der Waals surface area contributed by atoms with Crippen LogP contribution in [0.4, 0.5) is 0 Å². The van der Waals surface area contributed by atoms with Crippen LogP contribution in [0.3, 0.4) is 0 Å². The Kier molecular flexibility index (Phi) is 3.25. The molecule has 1 atom stereocenters. The molecule has 0 saturated heterocycles. The molecule has 1 unspecified atom stereocenters. The van der Waals surface area contributed by atoms with E-state index in [9.17, 15) is 4.79 Å². The number of hydrogen-bond donors (Lipinski definition) is 0. The lowest BCUT2D eigenvalue weighted by Gasteiger charge is -2.29. The fourth-order valence-corrected chi connectivity index (χ4v) is 2.32. The Morgan fingerprint density at radius 3 is 2.53 bits per heavy atom. The van der Waals surface area contributed by atoms with Gasteiger partial charge in [0.1, 0.15) is 5.76 Å². The van der Waals surface area contributed by atoms with Crippen LogP contribution >= 0.6 is 0 Å². The number of ether oxygens (including phenoxy) is 1. The summed E-state index contributed by atoms with van der Waals surface area (Å²) < 4.78 is 5.67. The molecule has 0 aromatic carbocycles. The van der Waals surface area contributed by atoms with Gasteiger partial charge in [0.15, 0.2) is 11.5 Å². The number of nitrogens with zero attached hydrogens (tertiary/aromatic N) is 1. The lowest BCUT2D eigenvalue weighted by atomic mass is 9.83. The number of fused-ring (bicyclic) bond motifs is 1. The topological polar surface area (TPSA) is 39.2 Å². The normalized spacial score (nSPS) is 19.4. The average molecular weight is 259 g/mol. The van der Waals surface area contributed by atoms with E-state index in [2.05, 4.69) is 32.3 Å². The molecule has 2 rings (SSSR count). The van der Waals surface area contributed by atoms with Gasteiger partial charge in [-0.2, -0.15) is 0 Å². The fourth-order valence-electron chi connectivity index (χ4n) is 2.32. The van der Waals surface area contributed by atoms with Gasteiger partial charge in [0.2, 0.25) is 0 Å². The molecule has 1 aromatic rings. The minimum Gasteiger partial charge on any atom is -0.459 e. The molecule has 0 aliphatic carbocycles. The zero-order valence-electron chi connectivity index (χ0n) is 12.3. The molecule has 0 radical (unpaired) electrons. The highest BCUT2D eigenvalue weighted by Crippen LogP contribution is 2.37. The fraction of sp³-hybridized carbons (Fsp3) is 0.500. The summed E-state index contributed by atoms with van der Waals surface area (Å²) in [7, 11) is 0. The lowest BCUT2D eigenvalue weighted by molar-refractivity contribution is 0.0854. The molecule has 2 heterocycles. The Balaban J connectivity index is 2.51. The summed E-state index contributed by atoms with van der Waals surface area (Å²) in [6.45, 7) is 14.1. The van der Waals surface area contributed by atoms with Crippen LogP contribution in [0, 0.1) is 11.8 Å². The van der Waals surface area contributed by atoms with E-state index in [0.29, 0.717) is 17.1 Å². The van der Waals surface area contributed by atoms with Gasteiger partial charge >= 0.3 is 0 Å². The molecule has 0 fully saturated rings. The van der Waals surface area contributed by atoms with Gasteiger partial charge in [-0.25, -0.2) is 0 Å². The van der Waals surface area contributed by atoms with E-state index in [1.807, 2.05) is 19.9 Å². The van der Waals surface area contributed by atoms with Gasteiger partial charge in [-0.15, -0.1) is 0 Å². The zero-order valence-corrected chi connectivity index (χ0v) is 12.3. The summed E-state index contributed by atoms with van der Waals surface area (Å²) in [5, 5.41) is 0. The van der Waals surface area contributed by atoms with Crippen molar-refractivity contribution >= 4 is 5.78 Å². The van der Waals surface area contributed by atoms with Gasteiger partial charge in [-0.1, -0.05) is 41.2 Å². The number of aromatic nitrogens is 1. The quantitative estimate of drug-likeness (QED) is 0.771. The van der Waals surface area contributed by atoms with Gasteiger partial charge in [-0.05, 0) is 12.0 Å². The summed E-state index contributed by atoms with van der Waals surface area (Å²) in [4.78, 5) is 17.0. The number of carbonyl (C=O) groups excluding carboxylic acids is 1. The van der Waals surface area contributed by atoms with Crippen molar-refractivity contribution in [3.05, 3.63) is 35.9 Å². The Morgan fingerprint density at radius 1 is 1.37 bits per heavy atom. The maximum Gasteiger partial charge on any atom is 0.177 e. The first-order valence-corrected chi connectivity index (χ1v) is 6.63. The van der Waals surface area contributed by atoms with Crippen molar-refractivity contribution < 1.29 is 9.53 Å². The van der Waals surface area contributed by atoms with E-state index in [1.165, 1.54) is 0 Å². The minimum absolute atomic E-state index is 0.0862. The van der Waals surface area contributed by atoms with Crippen LogP contribution < -0.4 is 4.74 Å². The molecular formula is C16H21NO2.